The van der Waals surface area contributed by atoms with Gasteiger partial charge in [-0.3, -0.25) is 4.79 Å². The van der Waals surface area contributed by atoms with Gasteiger partial charge in [0.1, 0.15) is 23.9 Å². The Kier molecular flexibility index (Phi) is 7.65. The van der Waals surface area contributed by atoms with Gasteiger partial charge in [0.15, 0.2) is 0 Å². The van der Waals surface area contributed by atoms with Gasteiger partial charge in [0.05, 0.1) is 52.6 Å². The van der Waals surface area contributed by atoms with Crippen LogP contribution < -0.4 is 14.4 Å². The third-order valence-electron chi connectivity index (χ3n) is 5.43. The fraction of sp³-hybridized carbons (Fsp3) is 0.435. The van der Waals surface area contributed by atoms with Gasteiger partial charge in [-0.2, -0.15) is 0 Å². The van der Waals surface area contributed by atoms with Gasteiger partial charge in [0.25, 0.3) is 5.91 Å². The smallest absolute Gasteiger partial charge is 0.254 e. The van der Waals surface area contributed by atoms with Crippen LogP contribution in [0.15, 0.2) is 36.4 Å². The Bertz CT molecular complexity index is 866. The molecule has 0 aromatic heterocycles. The maximum absolute atomic E-state index is 13.6. The Morgan fingerprint density at radius 1 is 1.03 bits per heavy atom. The summed E-state index contributed by atoms with van der Waals surface area (Å²) in [5, 5.41) is 0. The van der Waals surface area contributed by atoms with E-state index in [0.717, 1.165) is 30.0 Å². The molecule has 3 rings (SSSR count). The summed E-state index contributed by atoms with van der Waals surface area (Å²) in [6, 6.07) is 10.1. The number of carbonyl (C=O) groups is 1. The summed E-state index contributed by atoms with van der Waals surface area (Å²) in [5.41, 5.74) is 2.36. The molecule has 0 bridgehead atoms. The SMILES string of the molecule is CCOCc1cc(C(=O)N2CC[NH+](Cc3cc(F)ccc3OC)CC2)ccc1OC. The van der Waals surface area contributed by atoms with Crippen LogP contribution in [0.25, 0.3) is 0 Å². The van der Waals surface area contributed by atoms with Gasteiger partial charge < -0.3 is 24.0 Å². The second kappa shape index (κ2) is 10.4. The van der Waals surface area contributed by atoms with Gasteiger partial charge >= 0.3 is 0 Å². The number of piperazine rings is 1. The van der Waals surface area contributed by atoms with Crippen molar-refractivity contribution in [2.24, 2.45) is 0 Å². The molecule has 1 N–H and O–H groups in total. The van der Waals surface area contributed by atoms with Crippen molar-refractivity contribution in [2.45, 2.75) is 20.1 Å². The van der Waals surface area contributed by atoms with Crippen molar-refractivity contribution >= 4 is 5.91 Å². The fourth-order valence-corrected chi connectivity index (χ4v) is 3.78. The van der Waals surface area contributed by atoms with E-state index in [-0.39, 0.29) is 11.7 Å². The van der Waals surface area contributed by atoms with E-state index in [1.807, 2.05) is 24.0 Å². The van der Waals surface area contributed by atoms with Crippen LogP contribution >= 0.6 is 0 Å². The summed E-state index contributed by atoms with van der Waals surface area (Å²) in [6.45, 7) is 6.51. The molecule has 0 aliphatic carbocycles. The molecule has 6 nitrogen and oxygen atoms in total. The minimum Gasteiger partial charge on any atom is -0.496 e. The molecule has 7 heteroatoms. The Morgan fingerprint density at radius 3 is 2.37 bits per heavy atom. The molecule has 0 saturated carbocycles. The molecule has 1 amide bonds. The number of methoxy groups -OCH3 is 2. The number of hydrogen-bond acceptors (Lipinski definition) is 4. The van der Waals surface area contributed by atoms with E-state index in [9.17, 15) is 9.18 Å². The number of nitrogens with one attached hydrogen (secondary N) is 1. The minimum absolute atomic E-state index is 0.0118. The molecule has 1 saturated heterocycles. The summed E-state index contributed by atoms with van der Waals surface area (Å²) < 4.78 is 29.8. The highest BCUT2D eigenvalue weighted by Crippen LogP contribution is 2.22. The molecule has 1 fully saturated rings. The van der Waals surface area contributed by atoms with Crippen molar-refractivity contribution in [3.8, 4) is 11.5 Å². The zero-order valence-corrected chi connectivity index (χ0v) is 17.9. The fourth-order valence-electron chi connectivity index (χ4n) is 3.78. The molecule has 30 heavy (non-hydrogen) atoms. The lowest BCUT2D eigenvalue weighted by Gasteiger charge is -2.32. The van der Waals surface area contributed by atoms with Crippen LogP contribution in [0, 0.1) is 5.82 Å². The van der Waals surface area contributed by atoms with E-state index in [2.05, 4.69) is 0 Å². The Labute approximate surface area is 177 Å². The van der Waals surface area contributed by atoms with Crippen LogP contribution in [0.1, 0.15) is 28.4 Å². The van der Waals surface area contributed by atoms with Crippen LogP contribution in [0.5, 0.6) is 11.5 Å². The van der Waals surface area contributed by atoms with Crippen LogP contribution in [0.2, 0.25) is 0 Å². The largest absolute Gasteiger partial charge is 0.496 e. The molecule has 0 radical (unpaired) electrons. The van der Waals surface area contributed by atoms with E-state index in [1.54, 1.807) is 26.4 Å². The maximum Gasteiger partial charge on any atom is 0.254 e. The third-order valence-corrected chi connectivity index (χ3v) is 5.43. The average molecular weight is 418 g/mol. The topological polar surface area (TPSA) is 52.4 Å². The summed E-state index contributed by atoms with van der Waals surface area (Å²) in [7, 11) is 3.21. The molecule has 0 spiro atoms. The first-order chi connectivity index (χ1) is 14.5. The molecule has 0 unspecified atom stereocenters. The Balaban J connectivity index is 1.62. The predicted molar refractivity (Wildman–Crippen MR) is 112 cm³/mol. The molecular formula is C23H30FN2O4+. The highest BCUT2D eigenvalue weighted by Gasteiger charge is 2.26. The van der Waals surface area contributed by atoms with E-state index in [4.69, 9.17) is 14.2 Å². The average Bonchev–Trinajstić information content (AvgIpc) is 2.77. The second-order valence-corrected chi connectivity index (χ2v) is 7.34. The highest BCUT2D eigenvalue weighted by molar-refractivity contribution is 5.94. The monoisotopic (exact) mass is 417 g/mol. The number of amides is 1. The number of halogens is 1. The van der Waals surface area contributed by atoms with Crippen molar-refractivity contribution in [3.05, 3.63) is 58.9 Å². The lowest BCUT2D eigenvalue weighted by molar-refractivity contribution is -0.917. The molecule has 1 aliphatic heterocycles. The molecule has 1 heterocycles. The number of carbonyl (C=O) groups excluding carboxylic acids is 1. The molecular weight excluding hydrogens is 387 g/mol. The normalized spacial score (nSPS) is 14.6. The lowest BCUT2D eigenvalue weighted by Crippen LogP contribution is -3.13. The minimum atomic E-state index is -0.263. The van der Waals surface area contributed by atoms with Crippen molar-refractivity contribution in [1.29, 1.82) is 0 Å². The van der Waals surface area contributed by atoms with Crippen molar-refractivity contribution < 1.29 is 28.3 Å². The highest BCUT2D eigenvalue weighted by atomic mass is 19.1. The van der Waals surface area contributed by atoms with Crippen molar-refractivity contribution in [1.82, 2.24) is 4.90 Å². The molecule has 2 aromatic carbocycles. The van der Waals surface area contributed by atoms with Crippen LogP contribution in [0.3, 0.4) is 0 Å². The van der Waals surface area contributed by atoms with Gasteiger partial charge in [0.2, 0.25) is 0 Å². The van der Waals surface area contributed by atoms with Gasteiger partial charge in [-0.25, -0.2) is 4.39 Å². The van der Waals surface area contributed by atoms with E-state index in [0.29, 0.717) is 44.2 Å². The summed E-state index contributed by atoms with van der Waals surface area (Å²) in [5.74, 6) is 1.17. The number of nitrogens with zero attached hydrogens (tertiary/aromatic N) is 1. The summed E-state index contributed by atoms with van der Waals surface area (Å²) in [6.07, 6.45) is 0. The third kappa shape index (κ3) is 5.29. The van der Waals surface area contributed by atoms with Gasteiger partial charge in [-0.05, 0) is 43.3 Å². The van der Waals surface area contributed by atoms with Gasteiger partial charge in [-0.15, -0.1) is 0 Å². The van der Waals surface area contributed by atoms with Crippen molar-refractivity contribution in [3.63, 3.8) is 0 Å². The van der Waals surface area contributed by atoms with Crippen molar-refractivity contribution in [2.75, 3.05) is 47.0 Å². The van der Waals surface area contributed by atoms with E-state index in [1.165, 1.54) is 17.0 Å². The second-order valence-electron chi connectivity index (χ2n) is 7.34. The Hall–Kier alpha value is -2.64. The van der Waals surface area contributed by atoms with Gasteiger partial charge in [0, 0.05) is 17.7 Å². The lowest BCUT2D eigenvalue weighted by atomic mass is 10.1. The number of benzene rings is 2. The standard InChI is InChI=1S/C23H29FN2O4/c1-4-30-16-19-13-17(5-7-22(19)29-3)23(27)26-11-9-25(10-12-26)15-18-14-20(24)6-8-21(18)28-2/h5-8,13-14H,4,9-12,15-16H2,1-3H3/p+1. The maximum atomic E-state index is 13.6. The first kappa shape index (κ1) is 22.1. The first-order valence-corrected chi connectivity index (χ1v) is 10.3. The number of ether oxygens (including phenoxy) is 3. The Morgan fingerprint density at radius 2 is 1.70 bits per heavy atom. The quantitative estimate of drug-likeness (QED) is 0.713. The molecule has 2 aromatic rings. The molecule has 0 atom stereocenters. The van der Waals surface area contributed by atoms with Crippen LogP contribution in [-0.2, 0) is 17.9 Å². The number of quaternary nitrogens is 1. The zero-order chi connectivity index (χ0) is 21.5. The first-order valence-electron chi connectivity index (χ1n) is 10.3. The van der Waals surface area contributed by atoms with Crippen LogP contribution in [-0.4, -0.2) is 57.8 Å². The number of hydrogen-bond donors (Lipinski definition) is 1. The van der Waals surface area contributed by atoms with E-state index >= 15 is 0 Å². The molecule has 162 valence electrons. The van der Waals surface area contributed by atoms with E-state index < -0.39 is 0 Å². The zero-order valence-electron chi connectivity index (χ0n) is 17.9. The predicted octanol–water partition coefficient (Wildman–Crippen LogP) is 1.92. The van der Waals surface area contributed by atoms with Gasteiger partial charge in [-0.1, -0.05) is 0 Å². The number of rotatable bonds is 8. The van der Waals surface area contributed by atoms with Crippen LogP contribution in [0.4, 0.5) is 4.39 Å². The molecule has 1 aliphatic rings. The summed E-state index contributed by atoms with van der Waals surface area (Å²) in [4.78, 5) is 16.2. The summed E-state index contributed by atoms with van der Waals surface area (Å²) >= 11 is 0.